The first-order valence-electron chi connectivity index (χ1n) is 8.97. The molecule has 0 saturated carbocycles. The zero-order chi connectivity index (χ0) is 23.6. The smallest absolute Gasteiger partial charge is 0.252 e. The van der Waals surface area contributed by atoms with Crippen molar-refractivity contribution in [2.75, 3.05) is 14.2 Å². The molecule has 0 unspecified atom stereocenters. The van der Waals surface area contributed by atoms with E-state index in [0.29, 0.717) is 5.75 Å². The van der Waals surface area contributed by atoms with Gasteiger partial charge < -0.3 is 14.0 Å². The largest absolute Gasteiger partial charge is 0.497 e. The van der Waals surface area contributed by atoms with E-state index in [1.807, 2.05) is 0 Å². The summed E-state index contributed by atoms with van der Waals surface area (Å²) in [6, 6.07) is 12.8. The maximum Gasteiger partial charge on any atom is 0.252 e. The summed E-state index contributed by atoms with van der Waals surface area (Å²) in [5.74, 6) is 0.365. The molecule has 3 aromatic rings. The highest BCUT2D eigenvalue weighted by molar-refractivity contribution is 8.01. The van der Waals surface area contributed by atoms with Crippen molar-refractivity contribution in [1.29, 1.82) is 0 Å². The molecule has 3 rings (SSSR count). The highest BCUT2D eigenvalue weighted by atomic mass is 35.5. The molecule has 0 amide bonds. The van der Waals surface area contributed by atoms with Gasteiger partial charge in [0.05, 0.1) is 50.7 Å². The Kier molecular flexibility index (Phi) is 7.59. The van der Waals surface area contributed by atoms with Crippen molar-refractivity contribution in [2.24, 2.45) is 0 Å². The summed E-state index contributed by atoms with van der Waals surface area (Å²) >= 11 is 24.8. The van der Waals surface area contributed by atoms with Gasteiger partial charge in [-0.1, -0.05) is 58.5 Å². The van der Waals surface area contributed by atoms with Gasteiger partial charge in [0, 0.05) is 6.07 Å². The number of halogens is 4. The van der Waals surface area contributed by atoms with Gasteiger partial charge in [-0.05, 0) is 36.4 Å². The minimum atomic E-state index is -4.69. The van der Waals surface area contributed by atoms with Crippen LogP contribution in [0.4, 0.5) is 0 Å². The van der Waals surface area contributed by atoms with E-state index in [4.69, 9.17) is 55.9 Å². The summed E-state index contributed by atoms with van der Waals surface area (Å²) < 4.78 is 25.1. The number of ether oxygens (including phenoxy) is 2. The van der Waals surface area contributed by atoms with Gasteiger partial charge in [0.25, 0.3) is 7.14 Å². The second kappa shape index (κ2) is 9.86. The minimum absolute atomic E-state index is 0.000681. The van der Waals surface area contributed by atoms with E-state index in [9.17, 15) is 14.2 Å². The van der Waals surface area contributed by atoms with Crippen molar-refractivity contribution in [2.45, 2.75) is 0 Å². The van der Waals surface area contributed by atoms with Crippen LogP contribution in [-0.2, 0) is 4.57 Å². The average molecular weight is 532 g/mol. The van der Waals surface area contributed by atoms with Crippen LogP contribution in [0.1, 0.15) is 20.7 Å². The first-order chi connectivity index (χ1) is 15.2. The van der Waals surface area contributed by atoms with Crippen LogP contribution in [0.15, 0.2) is 54.6 Å². The Morgan fingerprint density at radius 3 is 1.53 bits per heavy atom. The van der Waals surface area contributed by atoms with Gasteiger partial charge in [-0.25, -0.2) is 0 Å². The number of carbonyl (C=O) groups is 2. The van der Waals surface area contributed by atoms with Crippen LogP contribution >= 0.6 is 53.5 Å². The van der Waals surface area contributed by atoms with E-state index in [-0.39, 0.29) is 42.3 Å². The predicted molar refractivity (Wildman–Crippen MR) is 128 cm³/mol. The second-order valence-electron chi connectivity index (χ2n) is 6.45. The molecule has 32 heavy (non-hydrogen) atoms. The fourth-order valence-electron chi connectivity index (χ4n) is 3.08. The molecule has 166 valence electrons. The van der Waals surface area contributed by atoms with E-state index >= 15 is 0 Å². The Balaban J connectivity index is 2.38. The van der Waals surface area contributed by atoms with Gasteiger partial charge >= 0.3 is 0 Å². The first-order valence-corrected chi connectivity index (χ1v) is 12.2. The van der Waals surface area contributed by atoms with Crippen LogP contribution in [0, 0.1) is 0 Å². The Morgan fingerprint density at radius 1 is 0.719 bits per heavy atom. The third-order valence-corrected chi connectivity index (χ3v) is 8.55. The van der Waals surface area contributed by atoms with Crippen LogP contribution in [0.2, 0.25) is 20.1 Å². The lowest BCUT2D eigenvalue weighted by Gasteiger charge is -2.21. The predicted octanol–water partition coefficient (Wildman–Crippen LogP) is 6.99. The quantitative estimate of drug-likeness (QED) is 0.307. The lowest BCUT2D eigenvalue weighted by molar-refractivity contribution is 0.104. The average Bonchev–Trinajstić information content (AvgIpc) is 2.77. The molecule has 0 radical (unpaired) electrons. The summed E-state index contributed by atoms with van der Waals surface area (Å²) in [6.45, 7) is 0. The zero-order valence-electron chi connectivity index (χ0n) is 16.7. The number of rotatable bonds is 7. The lowest BCUT2D eigenvalue weighted by atomic mass is 10.2. The van der Waals surface area contributed by atoms with Crippen LogP contribution < -0.4 is 14.8 Å². The summed E-state index contributed by atoms with van der Waals surface area (Å²) in [7, 11) is -1.95. The van der Waals surface area contributed by atoms with Gasteiger partial charge in [-0.3, -0.25) is 9.59 Å². The number of benzene rings is 3. The Morgan fingerprint density at radius 2 is 1.16 bits per heavy atom. The third-order valence-electron chi connectivity index (χ3n) is 4.65. The van der Waals surface area contributed by atoms with E-state index in [1.54, 1.807) is 0 Å². The third kappa shape index (κ3) is 4.28. The number of hydrogen-bond donors (Lipinski definition) is 0. The maximum atomic E-state index is 14.5. The van der Waals surface area contributed by atoms with Crippen molar-refractivity contribution >= 4 is 69.9 Å². The highest BCUT2D eigenvalue weighted by Gasteiger charge is 2.47. The van der Waals surface area contributed by atoms with Crippen LogP contribution in [-0.4, -0.2) is 25.3 Å². The van der Waals surface area contributed by atoms with Crippen LogP contribution in [0.5, 0.6) is 11.5 Å². The fraction of sp³-hybridized carbons (Fsp3) is 0.0909. The van der Waals surface area contributed by atoms with E-state index < -0.39 is 18.2 Å². The molecule has 5 nitrogen and oxygen atoms in total. The summed E-state index contributed by atoms with van der Waals surface area (Å²) in [4.78, 5) is 27.5. The zero-order valence-corrected chi connectivity index (χ0v) is 20.6. The minimum Gasteiger partial charge on any atom is -0.497 e. The number of methoxy groups -OCH3 is 2. The van der Waals surface area contributed by atoms with E-state index in [2.05, 4.69) is 0 Å². The topological polar surface area (TPSA) is 69.7 Å². The summed E-state index contributed by atoms with van der Waals surface area (Å²) in [5.41, 5.74) is -2.66. The van der Waals surface area contributed by atoms with Gasteiger partial charge in [0.2, 0.25) is 11.0 Å². The Labute approximate surface area is 204 Å². The molecule has 0 spiro atoms. The Bertz CT molecular complexity index is 1170. The molecule has 0 bridgehead atoms. The molecule has 0 fully saturated rings. The summed E-state index contributed by atoms with van der Waals surface area (Å²) in [5, 5.41) is -0.411. The molecule has 0 saturated heterocycles. The molecule has 0 aromatic heterocycles. The van der Waals surface area contributed by atoms with Crippen molar-refractivity contribution < 1.29 is 23.6 Å². The van der Waals surface area contributed by atoms with Gasteiger partial charge in [0.1, 0.15) is 11.5 Å². The first kappa shape index (κ1) is 24.6. The SMILES string of the molecule is COc1ccc(P(=O)(C(=O)c2c(Cl)cccc2Cl)C(=O)c2c(Cl)cccc2Cl)c(OC)c1. The highest BCUT2D eigenvalue weighted by Crippen LogP contribution is 2.56. The molecule has 10 heteroatoms. The molecular weight excluding hydrogens is 517 g/mol. The molecule has 0 aliphatic rings. The standard InChI is InChI=1S/C22H15Cl4O5P/c1-30-12-9-10-18(17(11-12)31-2)32(29,21(27)19-13(23)5-3-6-14(19)24)22(28)20-15(25)7-4-8-16(20)26/h3-11H,1-2H3. The van der Waals surface area contributed by atoms with Crippen molar-refractivity contribution in [3.05, 3.63) is 85.8 Å². The van der Waals surface area contributed by atoms with Gasteiger partial charge in [-0.2, -0.15) is 0 Å². The van der Waals surface area contributed by atoms with E-state index in [0.717, 1.165) is 0 Å². The van der Waals surface area contributed by atoms with Crippen molar-refractivity contribution in [1.82, 2.24) is 0 Å². The van der Waals surface area contributed by atoms with Crippen LogP contribution in [0.3, 0.4) is 0 Å². The number of carbonyl (C=O) groups excluding carboxylic acids is 2. The number of hydrogen-bond acceptors (Lipinski definition) is 5. The van der Waals surface area contributed by atoms with Crippen molar-refractivity contribution in [3.8, 4) is 11.5 Å². The molecule has 0 N–H and O–H groups in total. The molecule has 0 aliphatic heterocycles. The summed E-state index contributed by atoms with van der Waals surface area (Å²) in [6.07, 6.45) is 0. The van der Waals surface area contributed by atoms with E-state index in [1.165, 1.54) is 68.8 Å². The monoisotopic (exact) mass is 530 g/mol. The maximum absolute atomic E-state index is 14.5. The fourth-order valence-corrected chi connectivity index (χ4v) is 6.96. The molecule has 0 heterocycles. The van der Waals surface area contributed by atoms with Crippen LogP contribution in [0.25, 0.3) is 0 Å². The molecule has 0 atom stereocenters. The molecular formula is C22H15Cl4O5P. The normalized spacial score (nSPS) is 11.2. The second-order valence-corrected chi connectivity index (χ2v) is 10.6. The van der Waals surface area contributed by atoms with Crippen molar-refractivity contribution in [3.63, 3.8) is 0 Å². The Hall–Kier alpha value is -2.01. The molecule has 3 aromatic carbocycles. The van der Waals surface area contributed by atoms with Gasteiger partial charge in [0.15, 0.2) is 0 Å². The lowest BCUT2D eigenvalue weighted by Crippen LogP contribution is -2.23. The molecule has 0 aliphatic carbocycles. The van der Waals surface area contributed by atoms with Gasteiger partial charge in [-0.15, -0.1) is 0 Å².